The number of halogens is 4. The topological polar surface area (TPSA) is 51.0 Å². The van der Waals surface area contributed by atoms with E-state index in [1.807, 2.05) is 0 Å². The zero-order chi connectivity index (χ0) is 14.8. The predicted octanol–water partition coefficient (Wildman–Crippen LogP) is 3.81. The van der Waals surface area contributed by atoms with Gasteiger partial charge in [-0.3, -0.25) is 0 Å². The number of anilines is 1. The monoisotopic (exact) mass is 349 g/mol. The summed E-state index contributed by atoms with van der Waals surface area (Å²) >= 11 is 3.04. The van der Waals surface area contributed by atoms with Gasteiger partial charge >= 0.3 is 6.18 Å². The van der Waals surface area contributed by atoms with Gasteiger partial charge in [-0.2, -0.15) is 18.2 Å². The summed E-state index contributed by atoms with van der Waals surface area (Å²) in [5.41, 5.74) is -0.683. The minimum atomic E-state index is -4.41. The van der Waals surface area contributed by atoms with Crippen LogP contribution in [0.4, 0.5) is 18.9 Å². The first-order valence-corrected chi connectivity index (χ1v) is 6.55. The molecule has 0 bridgehead atoms. The predicted molar refractivity (Wildman–Crippen MR) is 70.4 cm³/mol. The maximum atomic E-state index is 12.9. The Morgan fingerprint density at radius 2 is 2.10 bits per heavy atom. The Hall–Kier alpha value is -1.57. The zero-order valence-corrected chi connectivity index (χ0v) is 12.0. The standard InChI is InChI=1S/C12H11BrF3N3O/c1-7-18-11(19-20-7)4-5-17-10-3-2-8(13)6-9(10)12(14,15)16/h2-3,6,17H,4-5H2,1H3. The van der Waals surface area contributed by atoms with E-state index in [4.69, 9.17) is 4.52 Å². The second-order valence-electron chi connectivity index (χ2n) is 4.09. The number of aryl methyl sites for hydroxylation is 1. The van der Waals surface area contributed by atoms with E-state index < -0.39 is 11.7 Å². The summed E-state index contributed by atoms with van der Waals surface area (Å²) < 4.78 is 43.8. The molecule has 0 fully saturated rings. The number of benzene rings is 1. The summed E-state index contributed by atoms with van der Waals surface area (Å²) in [5, 5.41) is 6.42. The van der Waals surface area contributed by atoms with Crippen molar-refractivity contribution in [3.8, 4) is 0 Å². The highest BCUT2D eigenvalue weighted by Gasteiger charge is 2.33. The van der Waals surface area contributed by atoms with E-state index in [1.54, 1.807) is 13.0 Å². The van der Waals surface area contributed by atoms with Crippen molar-refractivity contribution in [2.75, 3.05) is 11.9 Å². The second kappa shape index (κ2) is 5.82. The summed E-state index contributed by atoms with van der Waals surface area (Å²) in [5.74, 6) is 0.889. The maximum Gasteiger partial charge on any atom is 0.418 e. The van der Waals surface area contributed by atoms with E-state index in [-0.39, 0.29) is 12.2 Å². The molecule has 1 aromatic heterocycles. The average Bonchev–Trinajstić information content (AvgIpc) is 2.76. The fourth-order valence-corrected chi connectivity index (χ4v) is 2.02. The number of alkyl halides is 3. The molecule has 0 aliphatic heterocycles. The van der Waals surface area contributed by atoms with Crippen LogP contribution >= 0.6 is 15.9 Å². The molecule has 20 heavy (non-hydrogen) atoms. The summed E-state index contributed by atoms with van der Waals surface area (Å²) in [6.07, 6.45) is -4.03. The van der Waals surface area contributed by atoms with E-state index >= 15 is 0 Å². The van der Waals surface area contributed by atoms with Crippen molar-refractivity contribution >= 4 is 21.6 Å². The minimum Gasteiger partial charge on any atom is -0.384 e. The van der Waals surface area contributed by atoms with Gasteiger partial charge in [-0.05, 0) is 18.2 Å². The molecule has 1 N–H and O–H groups in total. The first-order chi connectivity index (χ1) is 9.36. The summed E-state index contributed by atoms with van der Waals surface area (Å²) in [7, 11) is 0. The van der Waals surface area contributed by atoms with Crippen LogP contribution in [0.25, 0.3) is 0 Å². The third-order valence-corrected chi connectivity index (χ3v) is 3.01. The van der Waals surface area contributed by atoms with E-state index in [1.165, 1.54) is 6.07 Å². The lowest BCUT2D eigenvalue weighted by Gasteiger charge is -2.14. The Kier molecular flexibility index (Phi) is 4.32. The van der Waals surface area contributed by atoms with Crippen molar-refractivity contribution < 1.29 is 17.7 Å². The molecule has 0 aliphatic carbocycles. The molecule has 1 heterocycles. The average molecular weight is 350 g/mol. The Morgan fingerprint density at radius 3 is 2.70 bits per heavy atom. The Balaban J connectivity index is 2.06. The molecule has 0 radical (unpaired) electrons. The fourth-order valence-electron chi connectivity index (χ4n) is 1.66. The Morgan fingerprint density at radius 1 is 1.35 bits per heavy atom. The van der Waals surface area contributed by atoms with Crippen LogP contribution in [0.15, 0.2) is 27.2 Å². The van der Waals surface area contributed by atoms with Gasteiger partial charge in [0.25, 0.3) is 0 Å². The summed E-state index contributed by atoms with van der Waals surface area (Å²) in [6, 6.07) is 3.98. The van der Waals surface area contributed by atoms with Gasteiger partial charge in [0.2, 0.25) is 5.89 Å². The smallest absolute Gasteiger partial charge is 0.384 e. The normalized spacial score (nSPS) is 11.7. The molecule has 2 rings (SSSR count). The van der Waals surface area contributed by atoms with E-state index in [2.05, 4.69) is 31.4 Å². The highest BCUT2D eigenvalue weighted by atomic mass is 79.9. The van der Waals surface area contributed by atoms with Crippen LogP contribution in [0.1, 0.15) is 17.3 Å². The van der Waals surface area contributed by atoms with Gasteiger partial charge in [0, 0.05) is 30.0 Å². The third kappa shape index (κ3) is 3.72. The molecule has 0 spiro atoms. The molecule has 0 unspecified atom stereocenters. The number of rotatable bonds is 4. The van der Waals surface area contributed by atoms with Crippen LogP contribution < -0.4 is 5.32 Å². The van der Waals surface area contributed by atoms with Gasteiger partial charge < -0.3 is 9.84 Å². The van der Waals surface area contributed by atoms with Gasteiger partial charge in [-0.1, -0.05) is 21.1 Å². The fraction of sp³-hybridized carbons (Fsp3) is 0.333. The van der Waals surface area contributed by atoms with Crippen molar-refractivity contribution in [1.82, 2.24) is 10.1 Å². The molecule has 2 aromatic rings. The van der Waals surface area contributed by atoms with Crippen molar-refractivity contribution in [3.05, 3.63) is 40.0 Å². The quantitative estimate of drug-likeness (QED) is 0.911. The number of hydrogen-bond acceptors (Lipinski definition) is 4. The highest BCUT2D eigenvalue weighted by molar-refractivity contribution is 9.10. The molecule has 0 atom stereocenters. The number of hydrogen-bond donors (Lipinski definition) is 1. The summed E-state index contributed by atoms with van der Waals surface area (Å²) in [4.78, 5) is 3.98. The van der Waals surface area contributed by atoms with Crippen LogP contribution in [0, 0.1) is 6.92 Å². The van der Waals surface area contributed by atoms with Gasteiger partial charge in [0.15, 0.2) is 5.82 Å². The van der Waals surface area contributed by atoms with Crippen LogP contribution in [0.2, 0.25) is 0 Å². The number of aromatic nitrogens is 2. The zero-order valence-electron chi connectivity index (χ0n) is 10.5. The van der Waals surface area contributed by atoms with Crippen molar-refractivity contribution in [2.45, 2.75) is 19.5 Å². The van der Waals surface area contributed by atoms with Gasteiger partial charge in [-0.15, -0.1) is 0 Å². The van der Waals surface area contributed by atoms with Crippen LogP contribution in [-0.2, 0) is 12.6 Å². The van der Waals surface area contributed by atoms with Crippen LogP contribution in [-0.4, -0.2) is 16.7 Å². The molecule has 0 saturated carbocycles. The molecule has 108 valence electrons. The lowest BCUT2D eigenvalue weighted by molar-refractivity contribution is -0.137. The SMILES string of the molecule is Cc1nc(CCNc2ccc(Br)cc2C(F)(F)F)no1. The lowest BCUT2D eigenvalue weighted by Crippen LogP contribution is -2.13. The van der Waals surface area contributed by atoms with Crippen molar-refractivity contribution in [3.63, 3.8) is 0 Å². The largest absolute Gasteiger partial charge is 0.418 e. The minimum absolute atomic E-state index is 0.0286. The number of nitrogens with zero attached hydrogens (tertiary/aromatic N) is 2. The lowest BCUT2D eigenvalue weighted by atomic mass is 10.1. The van der Waals surface area contributed by atoms with Crippen LogP contribution in [0.5, 0.6) is 0 Å². The van der Waals surface area contributed by atoms with Crippen molar-refractivity contribution in [1.29, 1.82) is 0 Å². The highest BCUT2D eigenvalue weighted by Crippen LogP contribution is 2.36. The third-order valence-electron chi connectivity index (χ3n) is 2.52. The summed E-state index contributed by atoms with van der Waals surface area (Å²) in [6.45, 7) is 1.93. The molecule has 0 amide bonds. The molecular formula is C12H11BrF3N3O. The van der Waals surface area contributed by atoms with Gasteiger partial charge in [-0.25, -0.2) is 0 Å². The van der Waals surface area contributed by atoms with E-state index in [9.17, 15) is 13.2 Å². The van der Waals surface area contributed by atoms with Crippen molar-refractivity contribution in [2.24, 2.45) is 0 Å². The Bertz CT molecular complexity index is 598. The molecule has 1 aromatic carbocycles. The first-order valence-electron chi connectivity index (χ1n) is 5.76. The Labute approximate surface area is 121 Å². The number of nitrogens with one attached hydrogen (secondary N) is 1. The molecule has 8 heteroatoms. The molecular weight excluding hydrogens is 339 g/mol. The first kappa shape index (κ1) is 14.8. The molecule has 0 aliphatic rings. The van der Waals surface area contributed by atoms with Gasteiger partial charge in [0.1, 0.15) is 0 Å². The van der Waals surface area contributed by atoms with E-state index in [0.717, 1.165) is 6.07 Å². The molecule has 4 nitrogen and oxygen atoms in total. The van der Waals surface area contributed by atoms with E-state index in [0.29, 0.717) is 22.6 Å². The molecule has 0 saturated heterocycles. The second-order valence-corrected chi connectivity index (χ2v) is 5.01. The van der Waals surface area contributed by atoms with Crippen LogP contribution in [0.3, 0.4) is 0 Å². The maximum absolute atomic E-state index is 12.9. The van der Waals surface area contributed by atoms with Gasteiger partial charge in [0.05, 0.1) is 5.56 Å².